The lowest BCUT2D eigenvalue weighted by atomic mass is 9.95. The summed E-state index contributed by atoms with van der Waals surface area (Å²) >= 11 is 3.56. The number of halogens is 1. The molecule has 2 rings (SSSR count). The zero-order valence-corrected chi connectivity index (χ0v) is 18.4. The number of ether oxygens (including phenoxy) is 2. The molecule has 0 atom stereocenters. The lowest BCUT2D eigenvalue weighted by Gasteiger charge is -2.41. The molecular formula is C19H31BrO3Si. The van der Waals surface area contributed by atoms with E-state index < -0.39 is 8.32 Å². The molecule has 0 radical (unpaired) electrons. The minimum Gasteiger partial charge on any atom is -0.497 e. The van der Waals surface area contributed by atoms with Crippen LogP contribution in [0.25, 0.3) is 0 Å². The Hall–Kier alpha value is -0.523. The molecule has 24 heavy (non-hydrogen) atoms. The van der Waals surface area contributed by atoms with E-state index in [9.17, 15) is 0 Å². The van der Waals surface area contributed by atoms with Crippen molar-refractivity contribution in [3.05, 3.63) is 22.7 Å². The van der Waals surface area contributed by atoms with Crippen LogP contribution >= 0.6 is 15.9 Å². The van der Waals surface area contributed by atoms with Crippen LogP contribution in [0.15, 0.2) is 22.7 Å². The number of hydrogen-bond acceptors (Lipinski definition) is 3. The number of methoxy groups -OCH3 is 1. The smallest absolute Gasteiger partial charge is 0.192 e. The van der Waals surface area contributed by atoms with Crippen molar-refractivity contribution in [1.29, 1.82) is 0 Å². The Bertz CT molecular complexity index is 546. The summed E-state index contributed by atoms with van der Waals surface area (Å²) in [6, 6.07) is 5.85. The highest BCUT2D eigenvalue weighted by Crippen LogP contribution is 2.39. The molecule has 0 N–H and O–H groups in total. The van der Waals surface area contributed by atoms with Gasteiger partial charge in [-0.05, 0) is 71.9 Å². The summed E-state index contributed by atoms with van der Waals surface area (Å²) < 4.78 is 19.0. The largest absolute Gasteiger partial charge is 0.497 e. The molecule has 1 aliphatic rings. The maximum absolute atomic E-state index is 6.56. The van der Waals surface area contributed by atoms with Crippen molar-refractivity contribution >= 4 is 24.2 Å². The Morgan fingerprint density at radius 1 is 1.04 bits per heavy atom. The van der Waals surface area contributed by atoms with E-state index in [1.807, 2.05) is 18.2 Å². The van der Waals surface area contributed by atoms with Crippen molar-refractivity contribution in [3.63, 3.8) is 0 Å². The Balaban J connectivity index is 1.89. The standard InChI is InChI=1S/C19H31BrO3Si/c1-19(2,3)24(5,6)23-15-9-7-14(8-10-15)22-18-13-16(21-4)11-12-17(18)20/h11-15H,7-10H2,1-6H3/t14-,15+. The predicted molar refractivity (Wildman–Crippen MR) is 106 cm³/mol. The molecule has 0 heterocycles. The Labute approximate surface area is 156 Å². The second-order valence-electron chi connectivity index (χ2n) is 8.19. The molecule has 3 nitrogen and oxygen atoms in total. The van der Waals surface area contributed by atoms with Gasteiger partial charge in [-0.25, -0.2) is 0 Å². The number of hydrogen-bond donors (Lipinski definition) is 0. The Morgan fingerprint density at radius 3 is 2.17 bits per heavy atom. The van der Waals surface area contributed by atoms with Crippen LogP contribution in [0.1, 0.15) is 46.5 Å². The van der Waals surface area contributed by atoms with Gasteiger partial charge in [-0.2, -0.15) is 0 Å². The lowest BCUT2D eigenvalue weighted by Crippen LogP contribution is -2.45. The van der Waals surface area contributed by atoms with Gasteiger partial charge >= 0.3 is 0 Å². The van der Waals surface area contributed by atoms with E-state index in [4.69, 9.17) is 13.9 Å². The molecule has 1 saturated carbocycles. The molecule has 0 aliphatic heterocycles. The fourth-order valence-electron chi connectivity index (χ4n) is 2.74. The fourth-order valence-corrected chi connectivity index (χ4v) is 4.50. The van der Waals surface area contributed by atoms with Crippen LogP contribution in [0.5, 0.6) is 11.5 Å². The van der Waals surface area contributed by atoms with Crippen LogP contribution in [0.3, 0.4) is 0 Å². The van der Waals surface area contributed by atoms with Gasteiger partial charge in [0.2, 0.25) is 0 Å². The van der Waals surface area contributed by atoms with Crippen LogP contribution in [-0.4, -0.2) is 27.6 Å². The molecule has 1 aliphatic carbocycles. The SMILES string of the molecule is COc1ccc(Br)c(O[C@H]2CC[C@@H](O[Si](C)(C)C(C)(C)C)CC2)c1. The highest BCUT2D eigenvalue weighted by molar-refractivity contribution is 9.10. The van der Waals surface area contributed by atoms with Crippen LogP contribution in [0, 0.1) is 0 Å². The summed E-state index contributed by atoms with van der Waals surface area (Å²) in [5.41, 5.74) is 0. The molecular weight excluding hydrogens is 384 g/mol. The molecule has 1 aromatic carbocycles. The average Bonchev–Trinajstić information content (AvgIpc) is 2.50. The maximum Gasteiger partial charge on any atom is 0.192 e. The van der Waals surface area contributed by atoms with Gasteiger partial charge in [-0.1, -0.05) is 20.8 Å². The first-order valence-corrected chi connectivity index (χ1v) is 12.5. The molecule has 1 aromatic rings. The normalized spacial score (nSPS) is 22.3. The molecule has 136 valence electrons. The van der Waals surface area contributed by atoms with Crippen molar-refractivity contribution in [2.75, 3.05) is 7.11 Å². The average molecular weight is 415 g/mol. The monoisotopic (exact) mass is 414 g/mol. The van der Waals surface area contributed by atoms with Gasteiger partial charge in [0.1, 0.15) is 11.5 Å². The quantitative estimate of drug-likeness (QED) is 0.539. The molecule has 0 spiro atoms. The minimum absolute atomic E-state index is 0.257. The zero-order chi connectivity index (χ0) is 18.0. The summed E-state index contributed by atoms with van der Waals surface area (Å²) in [7, 11) is 0.00239. The molecule has 0 amide bonds. The molecule has 0 bridgehead atoms. The molecule has 1 fully saturated rings. The molecule has 0 saturated heterocycles. The zero-order valence-electron chi connectivity index (χ0n) is 15.8. The summed E-state index contributed by atoms with van der Waals surface area (Å²) in [5.74, 6) is 1.69. The van der Waals surface area contributed by atoms with E-state index in [0.29, 0.717) is 6.10 Å². The Kier molecular flexibility index (Phi) is 6.43. The first-order valence-electron chi connectivity index (χ1n) is 8.80. The Morgan fingerprint density at radius 2 is 1.62 bits per heavy atom. The van der Waals surface area contributed by atoms with Crippen molar-refractivity contribution < 1.29 is 13.9 Å². The molecule has 5 heteroatoms. The number of rotatable bonds is 5. The summed E-state index contributed by atoms with van der Waals surface area (Å²) in [5, 5.41) is 0.270. The van der Waals surface area contributed by atoms with E-state index in [2.05, 4.69) is 49.8 Å². The topological polar surface area (TPSA) is 27.7 Å². The summed E-state index contributed by atoms with van der Waals surface area (Å²) in [4.78, 5) is 0. The molecule has 0 aromatic heterocycles. The highest BCUT2D eigenvalue weighted by atomic mass is 79.9. The van der Waals surface area contributed by atoms with E-state index >= 15 is 0 Å². The minimum atomic E-state index is -1.67. The van der Waals surface area contributed by atoms with Gasteiger partial charge in [-0.15, -0.1) is 0 Å². The first kappa shape index (κ1) is 19.8. The third-order valence-electron chi connectivity index (χ3n) is 5.32. The van der Waals surface area contributed by atoms with Crippen LogP contribution < -0.4 is 9.47 Å². The predicted octanol–water partition coefficient (Wildman–Crippen LogP) is 6.17. The van der Waals surface area contributed by atoms with Crippen molar-refractivity contribution in [2.24, 2.45) is 0 Å². The van der Waals surface area contributed by atoms with E-state index in [1.165, 1.54) is 0 Å². The van der Waals surface area contributed by atoms with Gasteiger partial charge in [0, 0.05) is 12.2 Å². The lowest BCUT2D eigenvalue weighted by molar-refractivity contribution is 0.0721. The third-order valence-corrected chi connectivity index (χ3v) is 10.5. The number of benzene rings is 1. The van der Waals surface area contributed by atoms with Gasteiger partial charge in [0.15, 0.2) is 8.32 Å². The van der Waals surface area contributed by atoms with E-state index in [1.54, 1.807) is 7.11 Å². The fraction of sp³-hybridized carbons (Fsp3) is 0.684. The van der Waals surface area contributed by atoms with Crippen molar-refractivity contribution in [1.82, 2.24) is 0 Å². The maximum atomic E-state index is 6.56. The van der Waals surface area contributed by atoms with Gasteiger partial charge < -0.3 is 13.9 Å². The summed E-state index contributed by atoms with van der Waals surface area (Å²) in [6.45, 7) is 11.6. The third kappa shape index (κ3) is 4.99. The highest BCUT2D eigenvalue weighted by Gasteiger charge is 2.40. The van der Waals surface area contributed by atoms with Crippen molar-refractivity contribution in [3.8, 4) is 11.5 Å². The second kappa shape index (κ2) is 7.79. The van der Waals surface area contributed by atoms with E-state index in [0.717, 1.165) is 41.7 Å². The van der Waals surface area contributed by atoms with Crippen LogP contribution in [-0.2, 0) is 4.43 Å². The van der Waals surface area contributed by atoms with Crippen LogP contribution in [0.2, 0.25) is 18.1 Å². The van der Waals surface area contributed by atoms with E-state index in [-0.39, 0.29) is 11.1 Å². The van der Waals surface area contributed by atoms with Gasteiger partial charge in [-0.3, -0.25) is 0 Å². The van der Waals surface area contributed by atoms with Crippen LogP contribution in [0.4, 0.5) is 0 Å². The second-order valence-corrected chi connectivity index (χ2v) is 13.8. The molecule has 0 unspecified atom stereocenters. The van der Waals surface area contributed by atoms with Gasteiger partial charge in [0.25, 0.3) is 0 Å². The van der Waals surface area contributed by atoms with Crippen molar-refractivity contribution in [2.45, 2.75) is 76.8 Å². The van der Waals surface area contributed by atoms with Gasteiger partial charge in [0.05, 0.1) is 17.7 Å². The summed E-state index contributed by atoms with van der Waals surface area (Å²) in [6.07, 6.45) is 4.90. The first-order chi connectivity index (χ1) is 11.1.